The van der Waals surface area contributed by atoms with E-state index in [4.69, 9.17) is 0 Å². The van der Waals surface area contributed by atoms with Gasteiger partial charge in [-0.3, -0.25) is 0 Å². The Bertz CT molecular complexity index is 359. The van der Waals surface area contributed by atoms with Crippen LogP contribution in [0.3, 0.4) is 0 Å². The lowest BCUT2D eigenvalue weighted by atomic mass is 10.1. The zero-order valence-corrected chi connectivity index (χ0v) is 9.92. The quantitative estimate of drug-likeness (QED) is 0.797. The first kappa shape index (κ1) is 14.4. The summed E-state index contributed by atoms with van der Waals surface area (Å²) in [6.45, 7) is 8.89. The van der Waals surface area contributed by atoms with E-state index in [-0.39, 0.29) is 5.70 Å². The van der Waals surface area contributed by atoms with Crippen LogP contribution in [0, 0.1) is 0 Å². The molecule has 0 spiro atoms. The van der Waals surface area contributed by atoms with Crippen LogP contribution < -0.4 is 4.72 Å². The van der Waals surface area contributed by atoms with Crippen LogP contribution in [-0.4, -0.2) is 15.3 Å². The van der Waals surface area contributed by atoms with Crippen molar-refractivity contribution in [2.24, 2.45) is 4.36 Å². The third-order valence-electron chi connectivity index (χ3n) is 1.04. The molecule has 0 aliphatic heterocycles. The molecule has 1 unspecified atom stereocenters. The van der Waals surface area contributed by atoms with Crippen LogP contribution in [-0.2, 0) is 9.92 Å². The van der Waals surface area contributed by atoms with Crippen molar-refractivity contribution in [3.63, 3.8) is 0 Å². The molecule has 0 amide bonds. The summed E-state index contributed by atoms with van der Waals surface area (Å²) >= 11 is 0. The van der Waals surface area contributed by atoms with E-state index in [0.29, 0.717) is 0 Å². The van der Waals surface area contributed by atoms with Crippen molar-refractivity contribution in [3.05, 3.63) is 12.3 Å². The Balaban J connectivity index is 5.46. The average Bonchev–Trinajstić information content (AvgIpc) is 1.75. The number of hydrogen-bond donors (Lipinski definition) is 1. The lowest BCUT2D eigenvalue weighted by Gasteiger charge is -2.24. The Kier molecular flexibility index (Phi) is 3.98. The second kappa shape index (κ2) is 4.13. The number of halogens is 3. The second-order valence-corrected chi connectivity index (χ2v) is 6.05. The van der Waals surface area contributed by atoms with E-state index in [0.717, 1.165) is 0 Å². The highest BCUT2D eigenvalue weighted by molar-refractivity contribution is 7.92. The third kappa shape index (κ3) is 4.65. The van der Waals surface area contributed by atoms with Gasteiger partial charge in [0.25, 0.3) is 0 Å². The molecule has 0 saturated carbocycles. The summed E-state index contributed by atoms with van der Waals surface area (Å²) in [5.74, 6) is 0. The molecule has 0 radical (unpaired) electrons. The molecule has 0 heterocycles. The van der Waals surface area contributed by atoms with Crippen LogP contribution in [0.15, 0.2) is 16.6 Å². The van der Waals surface area contributed by atoms with Gasteiger partial charge < -0.3 is 0 Å². The van der Waals surface area contributed by atoms with Crippen LogP contribution in [0.25, 0.3) is 0 Å². The van der Waals surface area contributed by atoms with E-state index >= 15 is 0 Å². The third-order valence-corrected chi connectivity index (χ3v) is 3.13. The van der Waals surface area contributed by atoms with Crippen molar-refractivity contribution in [2.75, 3.05) is 0 Å². The molecule has 0 saturated heterocycles. The molecule has 0 aliphatic rings. The molecule has 90 valence electrons. The zero-order chi connectivity index (χ0) is 12.5. The maximum absolute atomic E-state index is 12.5. The molecule has 7 heteroatoms. The molecule has 1 atom stereocenters. The maximum Gasteiger partial charge on any atom is 0.493 e. The summed E-state index contributed by atoms with van der Waals surface area (Å²) in [6.07, 6.45) is 0. The lowest BCUT2D eigenvalue weighted by molar-refractivity contribution is -0.0419. The van der Waals surface area contributed by atoms with E-state index < -0.39 is 21.0 Å². The van der Waals surface area contributed by atoms with E-state index in [2.05, 4.69) is 10.9 Å². The monoisotopic (exact) mass is 244 g/mol. The van der Waals surface area contributed by atoms with Gasteiger partial charge in [-0.05, 0) is 27.7 Å². The van der Waals surface area contributed by atoms with Crippen molar-refractivity contribution in [2.45, 2.75) is 38.7 Å². The fourth-order valence-corrected chi connectivity index (χ4v) is 2.30. The standard InChI is InChI=1S/C8H15F3N2OS/c1-6(2)12-15(14,8(9,10)11)13-7(3,4)5/h1H2,2-5H3,(H,12,13,14). The first-order valence-electron chi connectivity index (χ1n) is 4.15. The van der Waals surface area contributed by atoms with E-state index in [1.54, 1.807) is 0 Å². The Labute approximate surface area is 88.1 Å². The van der Waals surface area contributed by atoms with Gasteiger partial charge in [0.15, 0.2) is 0 Å². The Hall–Kier alpha value is -0.560. The molecule has 0 aromatic carbocycles. The molecule has 15 heavy (non-hydrogen) atoms. The summed E-state index contributed by atoms with van der Waals surface area (Å²) in [6, 6.07) is 0. The fraction of sp³-hybridized carbons (Fsp3) is 0.750. The molecule has 3 nitrogen and oxygen atoms in total. The van der Waals surface area contributed by atoms with E-state index in [1.165, 1.54) is 27.7 Å². The van der Waals surface area contributed by atoms with Crippen LogP contribution in [0.5, 0.6) is 0 Å². The molecule has 0 rings (SSSR count). The van der Waals surface area contributed by atoms with Crippen LogP contribution in [0.1, 0.15) is 27.7 Å². The number of hydrogen-bond acceptors (Lipinski definition) is 2. The van der Waals surface area contributed by atoms with Crippen molar-refractivity contribution < 1.29 is 17.4 Å². The summed E-state index contributed by atoms with van der Waals surface area (Å²) in [5.41, 5.74) is -6.00. The molecule has 0 aromatic rings. The molecule has 0 aromatic heterocycles. The van der Waals surface area contributed by atoms with Gasteiger partial charge in [0.1, 0.15) is 0 Å². The average molecular weight is 244 g/mol. The van der Waals surface area contributed by atoms with Gasteiger partial charge in [0.05, 0.1) is 0 Å². The van der Waals surface area contributed by atoms with Gasteiger partial charge in [-0.15, -0.1) is 0 Å². The number of rotatable bonds is 2. The Morgan fingerprint density at radius 1 is 1.33 bits per heavy atom. The molecular weight excluding hydrogens is 229 g/mol. The van der Waals surface area contributed by atoms with Crippen molar-refractivity contribution >= 4 is 9.92 Å². The maximum atomic E-state index is 12.5. The largest absolute Gasteiger partial charge is 0.493 e. The fourth-order valence-electron chi connectivity index (χ4n) is 0.767. The second-order valence-electron chi connectivity index (χ2n) is 4.15. The van der Waals surface area contributed by atoms with Crippen molar-refractivity contribution in [3.8, 4) is 0 Å². The van der Waals surface area contributed by atoms with Crippen molar-refractivity contribution in [1.82, 2.24) is 4.72 Å². The first-order chi connectivity index (χ1) is 6.37. The smallest absolute Gasteiger partial charge is 0.224 e. The summed E-state index contributed by atoms with van der Waals surface area (Å²) < 4.78 is 54.2. The number of nitrogens with zero attached hydrogens (tertiary/aromatic N) is 1. The van der Waals surface area contributed by atoms with Crippen LogP contribution in [0.4, 0.5) is 13.2 Å². The highest BCUT2D eigenvalue weighted by Gasteiger charge is 2.45. The minimum absolute atomic E-state index is 0.130. The van der Waals surface area contributed by atoms with E-state index in [9.17, 15) is 17.4 Å². The molecule has 0 bridgehead atoms. The number of nitrogens with one attached hydrogen (secondary N) is 1. The van der Waals surface area contributed by atoms with Gasteiger partial charge >= 0.3 is 5.51 Å². The molecule has 1 N–H and O–H groups in total. The predicted octanol–water partition coefficient (Wildman–Crippen LogP) is 2.81. The minimum Gasteiger partial charge on any atom is -0.224 e. The van der Waals surface area contributed by atoms with Crippen LogP contribution in [0.2, 0.25) is 0 Å². The highest BCUT2D eigenvalue weighted by atomic mass is 32.2. The summed E-state index contributed by atoms with van der Waals surface area (Å²) in [7, 11) is -4.49. The van der Waals surface area contributed by atoms with Gasteiger partial charge in [-0.25, -0.2) is 8.93 Å². The summed E-state index contributed by atoms with van der Waals surface area (Å²) in [4.78, 5) is 0. The normalized spacial score (nSPS) is 17.0. The zero-order valence-electron chi connectivity index (χ0n) is 9.10. The topological polar surface area (TPSA) is 41.5 Å². The summed E-state index contributed by atoms with van der Waals surface area (Å²) in [5, 5.41) is 0. The van der Waals surface area contributed by atoms with Gasteiger partial charge in [-0.1, -0.05) is 6.58 Å². The highest BCUT2D eigenvalue weighted by Crippen LogP contribution is 2.27. The number of allylic oxidation sites excluding steroid dienone is 1. The van der Waals surface area contributed by atoms with Gasteiger partial charge in [0.2, 0.25) is 9.92 Å². The van der Waals surface area contributed by atoms with E-state index in [1.807, 2.05) is 4.72 Å². The first-order valence-corrected chi connectivity index (χ1v) is 5.67. The SMILES string of the molecule is C=C(C)N=S(=O)(NC(C)(C)C)C(F)(F)F. The van der Waals surface area contributed by atoms with Gasteiger partial charge in [-0.2, -0.15) is 17.5 Å². The van der Waals surface area contributed by atoms with Crippen molar-refractivity contribution in [1.29, 1.82) is 0 Å². The lowest BCUT2D eigenvalue weighted by Crippen LogP contribution is -2.46. The Morgan fingerprint density at radius 2 is 1.73 bits per heavy atom. The predicted molar refractivity (Wildman–Crippen MR) is 54.3 cm³/mol. The molecule has 0 aliphatic carbocycles. The number of alkyl halides is 3. The molecule has 0 fully saturated rings. The van der Waals surface area contributed by atoms with Gasteiger partial charge in [0, 0.05) is 11.2 Å². The molecular formula is C8H15F3N2OS. The minimum atomic E-state index is -4.92. The Morgan fingerprint density at radius 3 is 1.93 bits per heavy atom. The van der Waals surface area contributed by atoms with Crippen LogP contribution >= 0.6 is 0 Å².